The highest BCUT2D eigenvalue weighted by molar-refractivity contribution is 7.23. The predicted octanol–water partition coefficient (Wildman–Crippen LogP) is 7.26. The van der Waals surface area contributed by atoms with Crippen LogP contribution in [0, 0.1) is 23.0 Å². The third-order valence-electron chi connectivity index (χ3n) is 9.31. The second-order valence-corrected chi connectivity index (χ2v) is 13.3. The molecular formula is C31H28ClF5N6OS. The van der Waals surface area contributed by atoms with Crippen molar-refractivity contribution in [1.29, 1.82) is 5.26 Å². The summed E-state index contributed by atoms with van der Waals surface area (Å²) >= 11 is 7.76. The van der Waals surface area contributed by atoms with Crippen LogP contribution in [0.1, 0.15) is 43.5 Å². The van der Waals surface area contributed by atoms with Gasteiger partial charge in [0.25, 0.3) is 0 Å². The Balaban J connectivity index is 1.43. The molecule has 7 nitrogen and oxygen atoms in total. The van der Waals surface area contributed by atoms with Gasteiger partial charge in [-0.25, -0.2) is 31.9 Å². The van der Waals surface area contributed by atoms with E-state index in [1.807, 2.05) is 6.07 Å². The molecule has 45 heavy (non-hydrogen) atoms. The summed E-state index contributed by atoms with van der Waals surface area (Å²) < 4.78 is 79.0. The number of nitriles is 1. The topological polar surface area (TPSA) is 91.3 Å². The highest BCUT2D eigenvalue weighted by Crippen LogP contribution is 2.50. The van der Waals surface area contributed by atoms with Gasteiger partial charge in [-0.2, -0.15) is 5.26 Å². The Morgan fingerprint density at radius 3 is 2.82 bits per heavy atom. The fraction of sp³-hybridized carbons (Fsp3) is 0.452. The van der Waals surface area contributed by atoms with Crippen LogP contribution >= 0.6 is 22.9 Å². The van der Waals surface area contributed by atoms with Crippen molar-refractivity contribution in [3.05, 3.63) is 40.2 Å². The molecule has 14 heteroatoms. The zero-order chi connectivity index (χ0) is 31.6. The number of aromatic nitrogens is 2. The highest BCUT2D eigenvalue weighted by atomic mass is 35.5. The molecule has 2 fully saturated rings. The maximum absolute atomic E-state index is 16.9. The lowest BCUT2D eigenvalue weighted by atomic mass is 9.88. The van der Waals surface area contributed by atoms with E-state index < -0.39 is 30.7 Å². The zero-order valence-electron chi connectivity index (χ0n) is 24.0. The number of aryl methyl sites for hydroxylation is 1. The standard InChI is InChI=1S/C31H28ClF5N6OS/c32-24-22(16-2-3-18(34)28-21(16)17(13-38)29(39)45-28)25(37)26-23-27(24)44-11-10-42(9-5-19(35)36)30(23)41-20(40-26)4-7-31-6-1-8-43(31)14-15(33)12-31/h2-3,15,19H,1,4-12,14,39H2/t15-,31-/m1/s1. The molecule has 2 aromatic heterocycles. The van der Waals surface area contributed by atoms with E-state index in [0.717, 1.165) is 36.8 Å². The van der Waals surface area contributed by atoms with E-state index in [2.05, 4.69) is 9.88 Å². The van der Waals surface area contributed by atoms with Gasteiger partial charge >= 0.3 is 0 Å². The summed E-state index contributed by atoms with van der Waals surface area (Å²) in [6.45, 7) is 1.35. The average molecular weight is 663 g/mol. The number of hydrogen-bond donors (Lipinski definition) is 1. The minimum absolute atomic E-state index is 0.00260. The number of fused-ring (bicyclic) bond motifs is 2. The minimum Gasteiger partial charge on any atom is -0.489 e. The molecule has 0 saturated carbocycles. The van der Waals surface area contributed by atoms with E-state index in [1.165, 1.54) is 6.07 Å². The van der Waals surface area contributed by atoms with E-state index in [-0.39, 0.29) is 90.3 Å². The van der Waals surface area contributed by atoms with Crippen LogP contribution < -0.4 is 15.4 Å². The first-order chi connectivity index (χ1) is 21.6. The molecule has 0 radical (unpaired) electrons. The molecule has 0 unspecified atom stereocenters. The van der Waals surface area contributed by atoms with E-state index in [4.69, 9.17) is 27.1 Å². The first-order valence-electron chi connectivity index (χ1n) is 14.8. The van der Waals surface area contributed by atoms with Crippen LogP contribution in [0.5, 0.6) is 5.75 Å². The number of benzene rings is 2. The van der Waals surface area contributed by atoms with Gasteiger partial charge in [0, 0.05) is 42.4 Å². The molecule has 0 amide bonds. The lowest BCUT2D eigenvalue weighted by Gasteiger charge is -2.31. The van der Waals surface area contributed by atoms with Crippen molar-refractivity contribution in [2.75, 3.05) is 43.4 Å². The molecule has 4 aromatic rings. The quantitative estimate of drug-likeness (QED) is 0.208. The third kappa shape index (κ3) is 4.93. The lowest BCUT2D eigenvalue weighted by molar-refractivity contribution is 0.139. The normalized spacial score (nSPS) is 21.5. The largest absolute Gasteiger partial charge is 0.489 e. The van der Waals surface area contributed by atoms with Crippen LogP contribution in [0.15, 0.2) is 12.1 Å². The first-order valence-corrected chi connectivity index (χ1v) is 16.0. The Morgan fingerprint density at radius 1 is 1.22 bits per heavy atom. The summed E-state index contributed by atoms with van der Waals surface area (Å²) in [5.74, 6) is -0.893. The number of rotatable bonds is 7. The summed E-state index contributed by atoms with van der Waals surface area (Å²) in [5.41, 5.74) is 5.57. The second-order valence-electron chi connectivity index (χ2n) is 11.9. The van der Waals surface area contributed by atoms with Crippen LogP contribution in [0.25, 0.3) is 32.1 Å². The van der Waals surface area contributed by atoms with Gasteiger partial charge in [-0.1, -0.05) is 17.7 Å². The van der Waals surface area contributed by atoms with E-state index in [9.17, 15) is 22.8 Å². The number of anilines is 2. The lowest BCUT2D eigenvalue weighted by Crippen LogP contribution is -2.38. The number of nitrogen functional groups attached to an aromatic ring is 1. The van der Waals surface area contributed by atoms with E-state index >= 15 is 4.39 Å². The Labute approximate surface area is 264 Å². The molecule has 3 aliphatic rings. The molecule has 2 atom stereocenters. The van der Waals surface area contributed by atoms with Crippen LogP contribution in [-0.4, -0.2) is 65.8 Å². The minimum atomic E-state index is -2.56. The van der Waals surface area contributed by atoms with Gasteiger partial charge in [0.15, 0.2) is 11.6 Å². The van der Waals surface area contributed by atoms with Gasteiger partial charge in [-0.3, -0.25) is 4.90 Å². The monoisotopic (exact) mass is 662 g/mol. The van der Waals surface area contributed by atoms with Gasteiger partial charge in [0.2, 0.25) is 6.43 Å². The zero-order valence-corrected chi connectivity index (χ0v) is 25.6. The van der Waals surface area contributed by atoms with Crippen molar-refractivity contribution in [3.63, 3.8) is 0 Å². The molecular weight excluding hydrogens is 635 g/mol. The maximum Gasteiger partial charge on any atom is 0.240 e. The first kappa shape index (κ1) is 30.2. The van der Waals surface area contributed by atoms with Crippen LogP contribution in [0.3, 0.4) is 0 Å². The summed E-state index contributed by atoms with van der Waals surface area (Å²) in [4.78, 5) is 13.2. The molecule has 2 saturated heterocycles. The van der Waals surface area contributed by atoms with E-state index in [1.54, 1.807) is 4.90 Å². The molecule has 236 valence electrons. The summed E-state index contributed by atoms with van der Waals surface area (Å²) in [6.07, 6.45) is -0.857. The molecule has 0 bridgehead atoms. The summed E-state index contributed by atoms with van der Waals surface area (Å²) in [5, 5.41) is 10.0. The van der Waals surface area contributed by atoms with Gasteiger partial charge in [0.05, 0.1) is 27.2 Å². The summed E-state index contributed by atoms with van der Waals surface area (Å²) in [7, 11) is 0. The van der Waals surface area contributed by atoms with Crippen LogP contribution in [0.2, 0.25) is 5.02 Å². The fourth-order valence-corrected chi connectivity index (χ4v) is 8.60. The Kier molecular flexibility index (Phi) is 7.65. The van der Waals surface area contributed by atoms with Crippen molar-refractivity contribution in [2.45, 2.75) is 56.7 Å². The molecule has 0 aliphatic carbocycles. The van der Waals surface area contributed by atoms with Crippen molar-refractivity contribution in [2.24, 2.45) is 0 Å². The highest BCUT2D eigenvalue weighted by Gasteiger charge is 2.48. The maximum atomic E-state index is 16.9. The van der Waals surface area contributed by atoms with Gasteiger partial charge in [-0.15, -0.1) is 11.3 Å². The fourth-order valence-electron chi connectivity index (χ4n) is 7.31. The molecule has 3 aliphatic heterocycles. The van der Waals surface area contributed by atoms with Crippen molar-refractivity contribution >= 4 is 54.7 Å². The Hall–Kier alpha value is -3.47. The number of halogens is 6. The number of thiophene rings is 1. The van der Waals surface area contributed by atoms with Crippen molar-refractivity contribution < 1.29 is 26.7 Å². The molecule has 7 rings (SSSR count). The van der Waals surface area contributed by atoms with Gasteiger partial charge in [0.1, 0.15) is 46.8 Å². The number of hydrogen-bond acceptors (Lipinski definition) is 8. The number of alkyl halides is 3. The third-order valence-corrected chi connectivity index (χ3v) is 10.7. The average Bonchev–Trinajstić information content (AvgIpc) is 3.60. The van der Waals surface area contributed by atoms with Gasteiger partial charge in [-0.05, 0) is 43.9 Å². The van der Waals surface area contributed by atoms with E-state index in [0.29, 0.717) is 25.8 Å². The second kappa shape index (κ2) is 11.4. The Morgan fingerprint density at radius 2 is 2.04 bits per heavy atom. The SMILES string of the molecule is N#Cc1c(N)sc2c(F)ccc(-c3c(Cl)c4c5c(nc(CC[C@@]67CCCN6C[C@H](F)C7)nc5c3F)N(CCC(F)F)CCO4)c12. The molecule has 2 N–H and O–H groups in total. The number of nitrogens with zero attached hydrogens (tertiary/aromatic N) is 5. The van der Waals surface area contributed by atoms with Crippen molar-refractivity contribution in [1.82, 2.24) is 14.9 Å². The number of ether oxygens (including phenoxy) is 1. The van der Waals surface area contributed by atoms with Crippen LogP contribution in [-0.2, 0) is 6.42 Å². The molecule has 5 heterocycles. The predicted molar refractivity (Wildman–Crippen MR) is 164 cm³/mol. The van der Waals surface area contributed by atoms with Crippen LogP contribution in [0.4, 0.5) is 32.8 Å². The number of nitrogens with two attached hydrogens (primary N) is 1. The Bertz CT molecular complexity index is 1880. The van der Waals surface area contributed by atoms with Gasteiger partial charge < -0.3 is 15.4 Å². The smallest absolute Gasteiger partial charge is 0.240 e. The molecule has 0 spiro atoms. The van der Waals surface area contributed by atoms with Crippen molar-refractivity contribution in [3.8, 4) is 22.9 Å². The summed E-state index contributed by atoms with van der Waals surface area (Å²) in [6, 6.07) is 4.48. The molecule has 2 aromatic carbocycles.